The minimum atomic E-state index is -3.64. The zero-order chi connectivity index (χ0) is 42.0. The van der Waals surface area contributed by atoms with E-state index in [1.807, 2.05) is 18.2 Å². The predicted molar refractivity (Wildman–Crippen MR) is 221 cm³/mol. The Labute approximate surface area is 346 Å². The first-order valence-electron chi connectivity index (χ1n) is 20.8. The molecule has 3 fully saturated rings. The molecule has 5 atom stereocenters. The minimum absolute atomic E-state index is 0.0238. The third-order valence-electron chi connectivity index (χ3n) is 11.5. The molecule has 0 unspecified atom stereocenters. The highest BCUT2D eigenvalue weighted by Gasteiger charge is 2.52. The normalized spacial score (nSPS) is 23.0. The van der Waals surface area contributed by atoms with Crippen molar-refractivity contribution in [2.24, 2.45) is 17.6 Å². The largest absolute Gasteiger partial charge is 0.488 e. The fourth-order valence-corrected chi connectivity index (χ4v) is 9.84. The first-order chi connectivity index (χ1) is 27.3. The molecule has 2 saturated carbocycles. The van der Waals surface area contributed by atoms with Crippen LogP contribution in [-0.4, -0.2) is 82.2 Å². The van der Waals surface area contributed by atoms with Gasteiger partial charge in [-0.3, -0.25) is 19.1 Å². The molecule has 0 aromatic carbocycles. The number of ether oxygens (including phenoxy) is 2. The monoisotopic (exact) mass is 840 g/mol. The average molecular weight is 841 g/mol. The number of hydrogen-bond donors (Lipinski definition) is 3. The van der Waals surface area contributed by atoms with Crippen LogP contribution in [-0.2, 0) is 42.0 Å². The van der Waals surface area contributed by atoms with Gasteiger partial charge in [-0.15, -0.1) is 11.3 Å². The number of fused-ring (bicyclic) bond motifs is 1. The van der Waals surface area contributed by atoms with E-state index in [1.54, 1.807) is 39.0 Å². The fourth-order valence-electron chi connectivity index (χ4n) is 7.60. The van der Waals surface area contributed by atoms with Crippen LogP contribution in [0, 0.1) is 11.8 Å². The molecular formula is C42H60N6O8S2. The van der Waals surface area contributed by atoms with E-state index in [9.17, 15) is 27.6 Å². The quantitative estimate of drug-likeness (QED) is 0.124. The van der Waals surface area contributed by atoms with E-state index < -0.39 is 62.4 Å². The minimum Gasteiger partial charge on any atom is -0.488 e. The van der Waals surface area contributed by atoms with Crippen molar-refractivity contribution < 1.29 is 37.1 Å². The number of nitrogens with one attached hydrogen (secondary N) is 2. The number of thiazole rings is 1. The Morgan fingerprint density at radius 2 is 1.83 bits per heavy atom. The Kier molecular flexibility index (Phi) is 13.3. The van der Waals surface area contributed by atoms with Crippen LogP contribution in [0.1, 0.15) is 135 Å². The lowest BCUT2D eigenvalue weighted by Gasteiger charge is -2.29. The smallest absolute Gasteiger partial charge is 0.408 e. The number of rotatable bonds is 17. The molecule has 58 heavy (non-hydrogen) atoms. The summed E-state index contributed by atoms with van der Waals surface area (Å²) in [6.45, 7) is 11.2. The van der Waals surface area contributed by atoms with Crippen molar-refractivity contribution in [3.05, 3.63) is 40.5 Å². The molecule has 4 amide bonds. The van der Waals surface area contributed by atoms with Crippen LogP contribution in [0.25, 0.3) is 10.7 Å². The highest BCUT2D eigenvalue weighted by atomic mass is 32.2. The number of nitrogens with two attached hydrogens (primary N) is 1. The number of likely N-dealkylation sites (tertiary alicyclic amines) is 1. The van der Waals surface area contributed by atoms with Crippen LogP contribution in [0.5, 0.6) is 5.75 Å². The van der Waals surface area contributed by atoms with E-state index in [0.717, 1.165) is 72.6 Å². The second-order valence-corrected chi connectivity index (χ2v) is 21.0. The first-order valence-corrected chi connectivity index (χ1v) is 23.2. The summed E-state index contributed by atoms with van der Waals surface area (Å²) in [6.07, 6.45) is 11.7. The Hall–Kier alpha value is -4.05. The van der Waals surface area contributed by atoms with Crippen molar-refractivity contribution in [3.8, 4) is 16.5 Å². The van der Waals surface area contributed by atoms with E-state index in [2.05, 4.69) is 29.3 Å². The Morgan fingerprint density at radius 3 is 2.50 bits per heavy atom. The van der Waals surface area contributed by atoms with Crippen LogP contribution < -0.4 is 20.5 Å². The van der Waals surface area contributed by atoms with Gasteiger partial charge in [-0.1, -0.05) is 38.8 Å². The lowest BCUT2D eigenvalue weighted by atomic mass is 9.95. The van der Waals surface area contributed by atoms with E-state index >= 15 is 0 Å². The summed E-state index contributed by atoms with van der Waals surface area (Å²) in [4.78, 5) is 63.8. The molecule has 14 nitrogen and oxygen atoms in total. The summed E-state index contributed by atoms with van der Waals surface area (Å²) in [5.41, 5.74) is 8.91. The fraction of sp³-hybridized carbons (Fsp3) is 0.667. The molecule has 0 radical (unpaired) electrons. The van der Waals surface area contributed by atoms with E-state index in [-0.39, 0.29) is 30.7 Å². The molecule has 318 valence electrons. The molecule has 3 heterocycles. The van der Waals surface area contributed by atoms with Crippen molar-refractivity contribution in [3.63, 3.8) is 0 Å². The van der Waals surface area contributed by atoms with Gasteiger partial charge in [0.2, 0.25) is 27.7 Å². The summed E-state index contributed by atoms with van der Waals surface area (Å²) < 4.78 is 38.4. The number of alkyl carbamates (subject to hydrolysis) is 1. The van der Waals surface area contributed by atoms with E-state index in [0.29, 0.717) is 37.9 Å². The number of carbonyl (C=O) groups is 4. The van der Waals surface area contributed by atoms with Gasteiger partial charge < -0.3 is 25.4 Å². The third-order valence-corrected chi connectivity index (χ3v) is 14.6. The number of aryl methyl sites for hydroxylation is 1. The number of carbonyl (C=O) groups excluding carboxylic acids is 4. The van der Waals surface area contributed by atoms with Gasteiger partial charge >= 0.3 is 6.09 Å². The molecule has 0 spiro atoms. The summed E-state index contributed by atoms with van der Waals surface area (Å²) >= 11 is 1.55. The predicted octanol–water partition coefficient (Wildman–Crippen LogP) is 6.08. The highest BCUT2D eigenvalue weighted by Crippen LogP contribution is 2.44. The van der Waals surface area contributed by atoms with Crippen molar-refractivity contribution >= 4 is 45.2 Å². The molecule has 2 aromatic rings. The topological polar surface area (TPSA) is 200 Å². The van der Waals surface area contributed by atoms with Crippen molar-refractivity contribution in [1.82, 2.24) is 24.9 Å². The van der Waals surface area contributed by atoms with Gasteiger partial charge in [0.05, 0.1) is 17.0 Å². The zero-order valence-electron chi connectivity index (χ0n) is 34.7. The molecule has 1 saturated heterocycles. The number of amides is 4. The number of aromatic nitrogens is 2. The Bertz CT molecular complexity index is 2000. The second kappa shape index (κ2) is 17.7. The average Bonchev–Trinajstić information content (AvgIpc) is 3.98. The van der Waals surface area contributed by atoms with Gasteiger partial charge in [0.25, 0.3) is 0 Å². The van der Waals surface area contributed by atoms with Gasteiger partial charge in [-0.05, 0) is 104 Å². The molecular weight excluding hydrogens is 781 g/mol. The molecule has 3 aliphatic carbocycles. The van der Waals surface area contributed by atoms with Crippen molar-refractivity contribution in [1.29, 1.82) is 0 Å². The summed E-state index contributed by atoms with van der Waals surface area (Å²) in [6, 6.07) is 0.0633. The highest BCUT2D eigenvalue weighted by molar-refractivity contribution is 7.91. The standard InChI is InChI=1S/C42H60N6O8S2/c1-25(2)33-24-57-38(45-33)32-22-35(28-15-12-13-16-30(28)44-32)55-27-21-34(36(43)49)48(23-27)39(51)31(46-40(52)56-41(3,4)5)17-11-9-7-8-10-14-26-20-29(26)37(50)47-58(53,54)42(6)18-19-42/h10,14,22,24-27,29,31,34H,7-9,11-13,15-21,23H2,1-6H3,(H2,43,49)(H,46,52)(H,47,50)/b14-10-/t26-,27-,29+,31+,34+/m1/s1. The van der Waals surface area contributed by atoms with Crippen molar-refractivity contribution in [2.75, 3.05) is 6.54 Å². The number of unbranched alkanes of at least 4 members (excludes halogenated alkanes) is 3. The van der Waals surface area contributed by atoms with Crippen LogP contribution >= 0.6 is 11.3 Å². The molecule has 6 rings (SSSR count). The first kappa shape index (κ1) is 43.5. The molecule has 4 N–H and O–H groups in total. The van der Waals surface area contributed by atoms with Crippen LogP contribution in [0.4, 0.5) is 4.79 Å². The van der Waals surface area contributed by atoms with Crippen LogP contribution in [0.15, 0.2) is 23.6 Å². The maximum atomic E-state index is 14.3. The summed E-state index contributed by atoms with van der Waals surface area (Å²) in [7, 11) is -3.64. The van der Waals surface area contributed by atoms with Gasteiger partial charge in [0.15, 0.2) is 0 Å². The number of nitrogens with zero attached hydrogens (tertiary/aromatic N) is 3. The molecule has 4 aliphatic rings. The molecule has 16 heteroatoms. The van der Waals surface area contributed by atoms with Gasteiger partial charge in [-0.2, -0.15) is 0 Å². The second-order valence-electron chi connectivity index (χ2n) is 17.9. The number of hydrogen-bond acceptors (Lipinski definition) is 11. The van der Waals surface area contributed by atoms with E-state index in [1.165, 1.54) is 4.90 Å². The maximum Gasteiger partial charge on any atom is 0.408 e. The Morgan fingerprint density at radius 1 is 1.09 bits per heavy atom. The zero-order valence-corrected chi connectivity index (χ0v) is 36.3. The van der Waals surface area contributed by atoms with Crippen molar-refractivity contribution in [2.45, 2.75) is 159 Å². The van der Waals surface area contributed by atoms with Crippen LogP contribution in [0.3, 0.4) is 0 Å². The van der Waals surface area contributed by atoms with Crippen LogP contribution in [0.2, 0.25) is 0 Å². The Balaban J connectivity index is 1.07. The lowest BCUT2D eigenvalue weighted by molar-refractivity contribution is -0.139. The maximum absolute atomic E-state index is 14.3. The van der Waals surface area contributed by atoms with Gasteiger partial charge in [0.1, 0.15) is 40.2 Å². The lowest BCUT2D eigenvalue weighted by Crippen LogP contribution is -2.53. The number of allylic oxidation sites excluding steroid dienone is 2. The van der Waals surface area contributed by atoms with Gasteiger partial charge in [-0.25, -0.2) is 23.2 Å². The molecule has 1 aliphatic heterocycles. The number of primary amides is 1. The summed E-state index contributed by atoms with van der Waals surface area (Å²) in [5, 5.41) is 5.64. The van der Waals surface area contributed by atoms with Gasteiger partial charge in [0, 0.05) is 35.0 Å². The number of pyridine rings is 1. The molecule has 2 aromatic heterocycles. The molecule has 0 bridgehead atoms. The number of sulfonamides is 1. The third kappa shape index (κ3) is 10.8. The SMILES string of the molecule is CC(C)c1csc(-c2cc(O[C@@H]3C[C@@H](C(N)=O)N(C(=O)[C@H](CCCCC/C=C\[C@@H]4C[C@@H]4C(=O)NS(=O)(=O)C4(C)CC4)NC(=O)OC(C)(C)C)C3)c3c(n2)CCCC3)n1. The summed E-state index contributed by atoms with van der Waals surface area (Å²) in [5.74, 6) is -0.809. The van der Waals surface area contributed by atoms with E-state index in [4.69, 9.17) is 25.2 Å².